The van der Waals surface area contributed by atoms with Crippen molar-refractivity contribution in [3.8, 4) is 0 Å². The van der Waals surface area contributed by atoms with Crippen LogP contribution in [0.4, 0.5) is 5.69 Å². The lowest BCUT2D eigenvalue weighted by Crippen LogP contribution is -2.54. The molecule has 6 nitrogen and oxygen atoms in total. The zero-order valence-corrected chi connectivity index (χ0v) is 24.1. The largest absolute Gasteiger partial charge is 0.352 e. The molecule has 1 heterocycles. The number of rotatable bonds is 6. The average molecular weight is 569 g/mol. The molecule has 5 aliphatic rings. The minimum absolute atomic E-state index is 0.0925. The van der Waals surface area contributed by atoms with Crippen LogP contribution in [-0.4, -0.2) is 55.0 Å². The minimum Gasteiger partial charge on any atom is -0.352 e. The van der Waals surface area contributed by atoms with Crippen LogP contribution in [0, 0.1) is 23.7 Å². The fraction of sp³-hybridized carbons (Fsp3) is 0.548. The number of piperazine rings is 1. The molecule has 1 atom stereocenters. The number of hydrogen-bond donors (Lipinski definition) is 3. The number of halogens is 2. The molecule has 3 N–H and O–H groups in total. The summed E-state index contributed by atoms with van der Waals surface area (Å²) >= 11 is 12.2. The summed E-state index contributed by atoms with van der Waals surface area (Å²) < 4.78 is 0. The molecule has 208 valence electrons. The highest BCUT2D eigenvalue weighted by Crippen LogP contribution is 2.54. The number of nitrogens with zero attached hydrogens (tertiary/aromatic N) is 2. The molecule has 0 unspecified atom stereocenters. The molecular formula is C31H39Cl2N5O. The lowest BCUT2D eigenvalue weighted by molar-refractivity contribution is 0.000822. The van der Waals surface area contributed by atoms with Gasteiger partial charge in [0.05, 0.1) is 6.04 Å². The fourth-order valence-electron chi connectivity index (χ4n) is 7.54. The summed E-state index contributed by atoms with van der Waals surface area (Å²) in [5.74, 6) is 4.27. The molecule has 0 radical (unpaired) electrons. The Hall–Kier alpha value is -2.28. The second kappa shape index (κ2) is 11.7. The van der Waals surface area contributed by atoms with Crippen molar-refractivity contribution < 1.29 is 4.79 Å². The van der Waals surface area contributed by atoms with Gasteiger partial charge in [0.1, 0.15) is 0 Å². The molecule has 5 fully saturated rings. The highest BCUT2D eigenvalue weighted by atomic mass is 35.5. The molecule has 0 spiro atoms. The maximum absolute atomic E-state index is 12.8. The molecule has 4 aliphatic carbocycles. The van der Waals surface area contributed by atoms with Crippen LogP contribution in [0.25, 0.3) is 0 Å². The lowest BCUT2D eigenvalue weighted by atomic mass is 9.54. The summed E-state index contributed by atoms with van der Waals surface area (Å²) in [5.41, 5.74) is 2.57. The summed E-state index contributed by atoms with van der Waals surface area (Å²) in [5, 5.41) is 11.4. The summed E-state index contributed by atoms with van der Waals surface area (Å²) in [7, 11) is 0. The van der Waals surface area contributed by atoms with Gasteiger partial charge in [0.25, 0.3) is 5.91 Å². The Morgan fingerprint density at radius 3 is 2.41 bits per heavy atom. The Labute approximate surface area is 241 Å². The Morgan fingerprint density at radius 2 is 1.74 bits per heavy atom. The van der Waals surface area contributed by atoms with Gasteiger partial charge < -0.3 is 20.9 Å². The van der Waals surface area contributed by atoms with Gasteiger partial charge in [0, 0.05) is 53.5 Å². The Kier molecular flexibility index (Phi) is 8.06. The first-order valence-corrected chi connectivity index (χ1v) is 15.3. The number of carbonyl (C=O) groups excluding carboxylic acids is 1. The van der Waals surface area contributed by atoms with E-state index in [1.165, 1.54) is 32.1 Å². The third-order valence-electron chi connectivity index (χ3n) is 9.21. The fourth-order valence-corrected chi connectivity index (χ4v) is 8.04. The standard InChI is InChI=1S/C31H39Cl2N5O/c1-19-18-38(11-10-34-19)31(37-29-24-13-20-12-21(15-24)16-25(29)14-20)36-27-6-3-23(4-7-27)30(39)35-9-8-22-2-5-26(32)17-28(22)33/h2-7,17,19-21,24-25,29,34H,8-16,18H2,1H3,(H,35,39)(H,36,37)/t19-,20?,21?,24?,25?,29?/m0/s1. The van der Waals surface area contributed by atoms with Gasteiger partial charge in [0.15, 0.2) is 5.96 Å². The van der Waals surface area contributed by atoms with E-state index >= 15 is 0 Å². The first-order valence-electron chi connectivity index (χ1n) is 14.6. The maximum atomic E-state index is 12.8. The first kappa shape index (κ1) is 26.9. The van der Waals surface area contributed by atoms with E-state index in [1.807, 2.05) is 36.4 Å². The molecule has 7 rings (SSSR count). The number of anilines is 1. The van der Waals surface area contributed by atoms with E-state index in [0.717, 1.165) is 60.5 Å². The number of carbonyl (C=O) groups is 1. The van der Waals surface area contributed by atoms with Gasteiger partial charge >= 0.3 is 0 Å². The van der Waals surface area contributed by atoms with Crippen molar-refractivity contribution in [2.75, 3.05) is 31.5 Å². The van der Waals surface area contributed by atoms with Crippen LogP contribution in [0.2, 0.25) is 10.0 Å². The predicted octanol–water partition coefficient (Wildman–Crippen LogP) is 5.85. The normalized spacial score (nSPS) is 29.9. The molecule has 0 aromatic heterocycles. The molecule has 1 amide bonds. The van der Waals surface area contributed by atoms with Gasteiger partial charge in [0.2, 0.25) is 0 Å². The first-order chi connectivity index (χ1) is 18.9. The zero-order valence-electron chi connectivity index (χ0n) is 22.6. The molecule has 1 saturated heterocycles. The van der Waals surface area contributed by atoms with Crippen molar-refractivity contribution >= 4 is 40.8 Å². The smallest absolute Gasteiger partial charge is 0.251 e. The van der Waals surface area contributed by atoms with Crippen molar-refractivity contribution in [3.63, 3.8) is 0 Å². The minimum atomic E-state index is -0.0925. The molecule has 4 saturated carbocycles. The third-order valence-corrected chi connectivity index (χ3v) is 9.80. The molecule has 1 aliphatic heterocycles. The SMILES string of the molecule is C[C@H]1CN(C(=NC2C3CC4CC(C3)CC2C4)Nc2ccc(C(=O)NCCc3ccc(Cl)cc3Cl)cc2)CCN1. The quantitative estimate of drug-likeness (QED) is 0.302. The van der Waals surface area contributed by atoms with Crippen molar-refractivity contribution in [2.24, 2.45) is 28.7 Å². The van der Waals surface area contributed by atoms with Gasteiger partial charge in [-0.25, -0.2) is 4.99 Å². The van der Waals surface area contributed by atoms with Crippen LogP contribution in [-0.2, 0) is 6.42 Å². The monoisotopic (exact) mass is 567 g/mol. The van der Waals surface area contributed by atoms with Crippen molar-refractivity contribution in [1.82, 2.24) is 15.5 Å². The number of guanidine groups is 1. The van der Waals surface area contributed by atoms with Crippen LogP contribution in [0.15, 0.2) is 47.5 Å². The van der Waals surface area contributed by atoms with Crippen LogP contribution in [0.5, 0.6) is 0 Å². The van der Waals surface area contributed by atoms with E-state index in [0.29, 0.717) is 40.7 Å². The molecule has 39 heavy (non-hydrogen) atoms. The van der Waals surface area contributed by atoms with E-state index in [1.54, 1.807) is 6.07 Å². The van der Waals surface area contributed by atoms with E-state index in [9.17, 15) is 4.79 Å². The summed E-state index contributed by atoms with van der Waals surface area (Å²) in [6.45, 7) is 5.59. The van der Waals surface area contributed by atoms with Crippen LogP contribution in [0.1, 0.15) is 54.9 Å². The van der Waals surface area contributed by atoms with E-state index < -0.39 is 0 Å². The van der Waals surface area contributed by atoms with Crippen molar-refractivity contribution in [2.45, 2.75) is 57.5 Å². The van der Waals surface area contributed by atoms with Crippen LogP contribution in [0.3, 0.4) is 0 Å². The van der Waals surface area contributed by atoms with Crippen LogP contribution >= 0.6 is 23.2 Å². The molecule has 2 aromatic carbocycles. The van der Waals surface area contributed by atoms with Gasteiger partial charge in [-0.2, -0.15) is 0 Å². The highest BCUT2D eigenvalue weighted by Gasteiger charge is 2.48. The molecule has 2 aromatic rings. The summed E-state index contributed by atoms with van der Waals surface area (Å²) in [6.07, 6.45) is 7.55. The van der Waals surface area contributed by atoms with E-state index in [4.69, 9.17) is 28.2 Å². The zero-order chi connectivity index (χ0) is 26.9. The van der Waals surface area contributed by atoms with Crippen LogP contribution < -0.4 is 16.0 Å². The van der Waals surface area contributed by atoms with Crippen molar-refractivity contribution in [1.29, 1.82) is 0 Å². The number of nitrogens with one attached hydrogen (secondary N) is 3. The summed E-state index contributed by atoms with van der Waals surface area (Å²) in [4.78, 5) is 20.7. The molecule has 8 heteroatoms. The van der Waals surface area contributed by atoms with Gasteiger partial charge in [-0.05, 0) is 111 Å². The Bertz CT molecular complexity index is 1190. The second-order valence-corrected chi connectivity index (χ2v) is 13.0. The number of hydrogen-bond acceptors (Lipinski definition) is 3. The van der Waals surface area contributed by atoms with Gasteiger partial charge in [-0.15, -0.1) is 0 Å². The van der Waals surface area contributed by atoms with Crippen molar-refractivity contribution in [3.05, 3.63) is 63.6 Å². The molecule has 4 bridgehead atoms. The lowest BCUT2D eigenvalue weighted by Gasteiger charge is -2.53. The Balaban J connectivity index is 1.12. The number of benzene rings is 2. The molecular weight excluding hydrogens is 529 g/mol. The predicted molar refractivity (Wildman–Crippen MR) is 160 cm³/mol. The van der Waals surface area contributed by atoms with Gasteiger partial charge in [-0.1, -0.05) is 29.3 Å². The highest BCUT2D eigenvalue weighted by molar-refractivity contribution is 6.35. The topological polar surface area (TPSA) is 68.8 Å². The average Bonchev–Trinajstić information content (AvgIpc) is 2.91. The van der Waals surface area contributed by atoms with E-state index in [-0.39, 0.29) is 5.91 Å². The Morgan fingerprint density at radius 1 is 1.03 bits per heavy atom. The van der Waals surface area contributed by atoms with Gasteiger partial charge in [-0.3, -0.25) is 4.79 Å². The van der Waals surface area contributed by atoms with E-state index in [2.05, 4.69) is 27.8 Å². The third kappa shape index (κ3) is 6.23. The number of aliphatic imine (C=N–C) groups is 1. The maximum Gasteiger partial charge on any atom is 0.251 e. The summed E-state index contributed by atoms with van der Waals surface area (Å²) in [6, 6.07) is 14.1. The second-order valence-electron chi connectivity index (χ2n) is 12.1. The number of amides is 1.